The molecular weight excluding hydrogens is 486 g/mol. The molecule has 7 nitrogen and oxygen atoms in total. The summed E-state index contributed by atoms with van der Waals surface area (Å²) in [5.74, 6) is -0.465. The Bertz CT molecular complexity index is 1360. The van der Waals surface area contributed by atoms with Crippen molar-refractivity contribution in [2.24, 2.45) is 0 Å². The van der Waals surface area contributed by atoms with E-state index in [9.17, 15) is 18.0 Å². The van der Waals surface area contributed by atoms with Gasteiger partial charge in [0, 0.05) is 29.4 Å². The average Bonchev–Trinajstić information content (AvgIpc) is 3.25. The predicted molar refractivity (Wildman–Crippen MR) is 139 cm³/mol. The molecule has 9 heteroatoms. The smallest absolute Gasteiger partial charge is 0.264 e. The van der Waals surface area contributed by atoms with E-state index >= 15 is 0 Å². The number of nitrogens with one attached hydrogen (secondary N) is 1. The van der Waals surface area contributed by atoms with Crippen molar-refractivity contribution in [2.75, 3.05) is 27.6 Å². The second-order valence-electron chi connectivity index (χ2n) is 8.50. The van der Waals surface area contributed by atoms with Crippen molar-refractivity contribution < 1.29 is 18.0 Å². The van der Waals surface area contributed by atoms with Crippen molar-refractivity contribution in [1.82, 2.24) is 0 Å². The van der Waals surface area contributed by atoms with Crippen molar-refractivity contribution >= 4 is 50.5 Å². The monoisotopic (exact) mass is 511 g/mol. The minimum atomic E-state index is -4.03. The molecule has 182 valence electrons. The first kappa shape index (κ1) is 24.8. The molecule has 3 aromatic rings. The Hall–Kier alpha value is -3.36. The number of amides is 2. The highest BCUT2D eigenvalue weighted by molar-refractivity contribution is 7.92. The van der Waals surface area contributed by atoms with Gasteiger partial charge in [0.05, 0.1) is 10.6 Å². The molecule has 1 saturated heterocycles. The van der Waals surface area contributed by atoms with E-state index in [1.54, 1.807) is 53.4 Å². The van der Waals surface area contributed by atoms with Gasteiger partial charge in [-0.3, -0.25) is 13.9 Å². The number of carbonyl (C=O) groups is 2. The molecule has 0 radical (unpaired) electrons. The Balaban J connectivity index is 1.61. The topological polar surface area (TPSA) is 86.8 Å². The van der Waals surface area contributed by atoms with Crippen molar-refractivity contribution in [1.29, 1.82) is 0 Å². The maximum absolute atomic E-state index is 13.5. The zero-order valence-electron chi connectivity index (χ0n) is 19.5. The van der Waals surface area contributed by atoms with E-state index in [2.05, 4.69) is 5.32 Å². The van der Waals surface area contributed by atoms with E-state index in [-0.39, 0.29) is 10.8 Å². The van der Waals surface area contributed by atoms with Crippen LogP contribution in [0.25, 0.3) is 0 Å². The van der Waals surface area contributed by atoms with Gasteiger partial charge in [-0.1, -0.05) is 35.4 Å². The molecule has 4 rings (SSSR count). The molecule has 3 aromatic carbocycles. The highest BCUT2D eigenvalue weighted by Crippen LogP contribution is 2.29. The first-order valence-electron chi connectivity index (χ1n) is 11.2. The van der Waals surface area contributed by atoms with Gasteiger partial charge >= 0.3 is 0 Å². The number of nitrogens with zero attached hydrogens (tertiary/aromatic N) is 2. The van der Waals surface area contributed by atoms with Gasteiger partial charge in [0.15, 0.2) is 0 Å². The van der Waals surface area contributed by atoms with Gasteiger partial charge in [-0.2, -0.15) is 0 Å². The Labute approximate surface area is 210 Å². The summed E-state index contributed by atoms with van der Waals surface area (Å²) in [6.07, 6.45) is 1.30. The lowest BCUT2D eigenvalue weighted by Crippen LogP contribution is -2.38. The molecule has 2 amide bonds. The van der Waals surface area contributed by atoms with Crippen LogP contribution < -0.4 is 14.5 Å². The maximum atomic E-state index is 13.5. The fourth-order valence-corrected chi connectivity index (χ4v) is 5.52. The molecule has 0 saturated carbocycles. The number of anilines is 3. The molecule has 0 aromatic heterocycles. The summed E-state index contributed by atoms with van der Waals surface area (Å²) in [4.78, 5) is 27.1. The Morgan fingerprint density at radius 1 is 1.03 bits per heavy atom. The largest absolute Gasteiger partial charge is 0.324 e. The first-order valence-corrected chi connectivity index (χ1v) is 13.0. The molecule has 1 aliphatic rings. The second-order valence-corrected chi connectivity index (χ2v) is 10.8. The molecule has 1 aliphatic heterocycles. The first-order chi connectivity index (χ1) is 16.6. The van der Waals surface area contributed by atoms with Gasteiger partial charge in [-0.15, -0.1) is 0 Å². The highest BCUT2D eigenvalue weighted by Gasteiger charge is 2.28. The maximum Gasteiger partial charge on any atom is 0.264 e. The average molecular weight is 512 g/mol. The Kier molecular flexibility index (Phi) is 7.14. The summed E-state index contributed by atoms with van der Waals surface area (Å²) in [5.41, 5.74) is 3.39. The van der Waals surface area contributed by atoms with Gasteiger partial charge in [0.1, 0.15) is 6.54 Å². The molecule has 1 N–H and O–H groups in total. The lowest BCUT2D eigenvalue weighted by molar-refractivity contribution is -0.117. The van der Waals surface area contributed by atoms with Crippen molar-refractivity contribution in [3.8, 4) is 0 Å². The standard InChI is InChI=1S/C26H26ClN3O4S/c1-18-5-13-23(14-6-18)35(33,34)30(22-11-8-20(27)9-12-22)17-25(31)28-21-10-7-19(2)24(16-21)29-15-3-4-26(29)32/h5-14,16H,3-4,15,17H2,1-2H3,(H,28,31). The van der Waals surface area contributed by atoms with Crippen LogP contribution in [-0.2, 0) is 19.6 Å². The minimum absolute atomic E-state index is 0.0506. The van der Waals surface area contributed by atoms with Crippen molar-refractivity contribution in [3.05, 3.63) is 82.9 Å². The number of hydrogen-bond donors (Lipinski definition) is 1. The van der Waals surface area contributed by atoms with Crippen LogP contribution >= 0.6 is 11.6 Å². The molecule has 35 heavy (non-hydrogen) atoms. The summed E-state index contributed by atoms with van der Waals surface area (Å²) in [6.45, 7) is 3.97. The second kappa shape index (κ2) is 10.1. The third kappa shape index (κ3) is 5.49. The third-order valence-electron chi connectivity index (χ3n) is 5.87. The normalized spacial score (nSPS) is 13.7. The van der Waals surface area contributed by atoms with Gasteiger partial charge in [0.2, 0.25) is 11.8 Å². The number of aryl methyl sites for hydroxylation is 2. The highest BCUT2D eigenvalue weighted by atomic mass is 35.5. The predicted octanol–water partition coefficient (Wildman–Crippen LogP) is 4.92. The zero-order valence-corrected chi connectivity index (χ0v) is 21.1. The van der Waals surface area contributed by atoms with E-state index in [4.69, 9.17) is 11.6 Å². The molecular formula is C26H26ClN3O4S. The van der Waals surface area contributed by atoms with Crippen LogP contribution in [0.2, 0.25) is 5.02 Å². The summed E-state index contributed by atoms with van der Waals surface area (Å²) in [6, 6.07) is 18.0. The molecule has 0 aliphatic carbocycles. The van der Waals surface area contributed by atoms with Crippen LogP contribution in [0.4, 0.5) is 17.1 Å². The lowest BCUT2D eigenvalue weighted by atomic mass is 10.1. The van der Waals surface area contributed by atoms with Crippen LogP contribution in [0, 0.1) is 13.8 Å². The fraction of sp³-hybridized carbons (Fsp3) is 0.231. The molecule has 1 fully saturated rings. The van der Waals surface area contributed by atoms with Crippen LogP contribution in [0.5, 0.6) is 0 Å². The van der Waals surface area contributed by atoms with Gasteiger partial charge in [0.25, 0.3) is 10.0 Å². The van der Waals surface area contributed by atoms with E-state index in [1.807, 2.05) is 19.9 Å². The molecule has 0 spiro atoms. The number of benzene rings is 3. The summed E-state index contributed by atoms with van der Waals surface area (Å²) < 4.78 is 28.0. The third-order valence-corrected chi connectivity index (χ3v) is 7.91. The summed E-state index contributed by atoms with van der Waals surface area (Å²) >= 11 is 5.99. The number of rotatable bonds is 7. The van der Waals surface area contributed by atoms with E-state index < -0.39 is 22.5 Å². The van der Waals surface area contributed by atoms with E-state index in [1.165, 1.54) is 12.1 Å². The number of sulfonamides is 1. The summed E-state index contributed by atoms with van der Waals surface area (Å²) in [7, 11) is -4.03. The number of halogens is 1. The van der Waals surface area contributed by atoms with Crippen LogP contribution in [-0.4, -0.2) is 33.3 Å². The molecule has 0 atom stereocenters. The lowest BCUT2D eigenvalue weighted by Gasteiger charge is -2.24. The van der Waals surface area contributed by atoms with Crippen LogP contribution in [0.1, 0.15) is 24.0 Å². The minimum Gasteiger partial charge on any atom is -0.324 e. The van der Waals surface area contributed by atoms with Gasteiger partial charge in [-0.25, -0.2) is 8.42 Å². The molecule has 0 unspecified atom stereocenters. The van der Waals surface area contributed by atoms with Crippen LogP contribution in [0.15, 0.2) is 71.6 Å². The van der Waals surface area contributed by atoms with E-state index in [0.29, 0.717) is 29.4 Å². The quantitative estimate of drug-likeness (QED) is 0.488. The van der Waals surface area contributed by atoms with Crippen LogP contribution in [0.3, 0.4) is 0 Å². The van der Waals surface area contributed by atoms with Gasteiger partial charge < -0.3 is 10.2 Å². The zero-order chi connectivity index (χ0) is 25.2. The molecule has 1 heterocycles. The van der Waals surface area contributed by atoms with Gasteiger partial charge in [-0.05, 0) is 74.4 Å². The van der Waals surface area contributed by atoms with Crippen molar-refractivity contribution in [3.63, 3.8) is 0 Å². The van der Waals surface area contributed by atoms with Crippen molar-refractivity contribution in [2.45, 2.75) is 31.6 Å². The number of hydrogen-bond acceptors (Lipinski definition) is 4. The Morgan fingerprint density at radius 2 is 1.71 bits per heavy atom. The molecule has 0 bridgehead atoms. The van der Waals surface area contributed by atoms with E-state index in [0.717, 1.165) is 27.5 Å². The number of carbonyl (C=O) groups excluding carboxylic acids is 2. The fourth-order valence-electron chi connectivity index (χ4n) is 3.97. The summed E-state index contributed by atoms with van der Waals surface area (Å²) in [5, 5.41) is 3.24. The Morgan fingerprint density at radius 3 is 2.34 bits per heavy atom. The SMILES string of the molecule is Cc1ccc(S(=O)(=O)N(CC(=O)Nc2ccc(C)c(N3CCCC3=O)c2)c2ccc(Cl)cc2)cc1.